The summed E-state index contributed by atoms with van der Waals surface area (Å²) in [6.45, 7) is 1.93. The number of carbonyl (C=O) groups is 2. The Hall–Kier alpha value is -1.74. The molecule has 1 aliphatic carbocycles. The lowest BCUT2D eigenvalue weighted by Gasteiger charge is -2.16. The average molecular weight is 422 g/mol. The third-order valence-electron chi connectivity index (χ3n) is 4.69. The van der Waals surface area contributed by atoms with Crippen molar-refractivity contribution in [3.63, 3.8) is 0 Å². The van der Waals surface area contributed by atoms with Crippen LogP contribution >= 0.6 is 22.7 Å². The van der Waals surface area contributed by atoms with Crippen molar-refractivity contribution in [1.29, 1.82) is 0 Å². The highest BCUT2D eigenvalue weighted by molar-refractivity contribution is 7.17. The highest BCUT2D eigenvalue weighted by atomic mass is 32.1. The molecular weight excluding hydrogens is 394 g/mol. The molecule has 2 aromatic rings. The molecule has 0 atom stereocenters. The highest BCUT2D eigenvalue weighted by Crippen LogP contribution is 2.38. The molecule has 0 unspecified atom stereocenters. The van der Waals surface area contributed by atoms with E-state index in [2.05, 4.69) is 22.1 Å². The van der Waals surface area contributed by atoms with E-state index in [0.29, 0.717) is 23.7 Å². The molecule has 6 nitrogen and oxygen atoms in total. The van der Waals surface area contributed by atoms with Crippen LogP contribution in [0.4, 0.5) is 5.00 Å². The summed E-state index contributed by atoms with van der Waals surface area (Å²) >= 11 is 3.20. The van der Waals surface area contributed by atoms with Gasteiger partial charge in [0.1, 0.15) is 5.00 Å². The molecule has 0 aromatic carbocycles. The molecule has 0 radical (unpaired) electrons. The largest absolute Gasteiger partial charge is 0.383 e. The van der Waals surface area contributed by atoms with Crippen LogP contribution in [0, 0.1) is 0 Å². The normalized spacial score (nSPS) is 13.4. The van der Waals surface area contributed by atoms with Gasteiger partial charge in [-0.25, -0.2) is 0 Å². The lowest BCUT2D eigenvalue weighted by Crippen LogP contribution is -2.31. The van der Waals surface area contributed by atoms with Gasteiger partial charge in [-0.2, -0.15) is 11.3 Å². The van der Waals surface area contributed by atoms with Crippen molar-refractivity contribution < 1.29 is 14.3 Å². The minimum Gasteiger partial charge on any atom is -0.383 e. The van der Waals surface area contributed by atoms with Gasteiger partial charge in [0.25, 0.3) is 5.91 Å². The molecular formula is C20H27N3O3S2. The maximum atomic E-state index is 12.8. The van der Waals surface area contributed by atoms with Crippen LogP contribution in [0.2, 0.25) is 0 Å². The van der Waals surface area contributed by atoms with Crippen LogP contribution in [-0.4, -0.2) is 50.6 Å². The van der Waals surface area contributed by atoms with Crippen molar-refractivity contribution in [3.8, 4) is 0 Å². The first-order valence-electron chi connectivity index (χ1n) is 9.49. The van der Waals surface area contributed by atoms with Gasteiger partial charge in [0.2, 0.25) is 5.91 Å². The quantitative estimate of drug-likeness (QED) is 0.610. The summed E-state index contributed by atoms with van der Waals surface area (Å²) in [5, 5.41) is 10.7. The Bertz CT molecular complexity index is 802. The van der Waals surface area contributed by atoms with Crippen molar-refractivity contribution in [2.75, 3.05) is 39.2 Å². The lowest BCUT2D eigenvalue weighted by molar-refractivity contribution is -0.117. The predicted octanol–water partition coefficient (Wildman–Crippen LogP) is 3.14. The molecule has 0 bridgehead atoms. The third kappa shape index (κ3) is 5.41. The molecule has 0 aliphatic heterocycles. The Balaban J connectivity index is 1.68. The zero-order valence-electron chi connectivity index (χ0n) is 16.4. The summed E-state index contributed by atoms with van der Waals surface area (Å²) < 4.78 is 5.02. The summed E-state index contributed by atoms with van der Waals surface area (Å²) in [4.78, 5) is 28.6. The fraction of sp³-hybridized carbons (Fsp3) is 0.500. The molecule has 152 valence electrons. The first-order valence-corrected chi connectivity index (χ1v) is 11.3. The topological polar surface area (TPSA) is 70.7 Å². The van der Waals surface area contributed by atoms with Gasteiger partial charge < -0.3 is 15.4 Å². The number of aryl methyl sites for hydroxylation is 1. The molecule has 3 rings (SSSR count). The van der Waals surface area contributed by atoms with Crippen LogP contribution in [0.5, 0.6) is 0 Å². The number of hydrogen-bond acceptors (Lipinski definition) is 6. The van der Waals surface area contributed by atoms with Crippen LogP contribution in [0.25, 0.3) is 0 Å². The average Bonchev–Trinajstić information content (AvgIpc) is 3.28. The van der Waals surface area contributed by atoms with Gasteiger partial charge >= 0.3 is 0 Å². The van der Waals surface area contributed by atoms with E-state index in [1.807, 2.05) is 17.3 Å². The second-order valence-corrected chi connectivity index (χ2v) is 8.90. The second-order valence-electron chi connectivity index (χ2n) is 7.02. The molecule has 2 amide bonds. The molecule has 0 saturated carbocycles. The van der Waals surface area contributed by atoms with Crippen LogP contribution in [0.3, 0.4) is 0 Å². The number of nitrogens with one attached hydrogen (secondary N) is 2. The summed E-state index contributed by atoms with van der Waals surface area (Å²) in [5.41, 5.74) is 2.95. The Morgan fingerprint density at radius 2 is 2.11 bits per heavy atom. The molecule has 0 fully saturated rings. The van der Waals surface area contributed by atoms with E-state index in [4.69, 9.17) is 4.74 Å². The number of carbonyl (C=O) groups excluding carboxylic acids is 2. The summed E-state index contributed by atoms with van der Waals surface area (Å²) in [6.07, 6.45) is 4.09. The van der Waals surface area contributed by atoms with Crippen LogP contribution in [-0.2, 0) is 28.9 Å². The number of rotatable bonds is 9. The molecule has 2 aromatic heterocycles. The Labute approximate surface area is 173 Å². The number of thiophene rings is 2. The van der Waals surface area contributed by atoms with Crippen LogP contribution in [0.1, 0.15) is 39.2 Å². The molecule has 0 saturated heterocycles. The van der Waals surface area contributed by atoms with E-state index < -0.39 is 0 Å². The number of fused-ring (bicyclic) bond motifs is 1. The third-order valence-corrected chi connectivity index (χ3v) is 6.63. The maximum absolute atomic E-state index is 12.8. The van der Waals surface area contributed by atoms with Crippen molar-refractivity contribution in [1.82, 2.24) is 10.2 Å². The van der Waals surface area contributed by atoms with Gasteiger partial charge in [0.15, 0.2) is 0 Å². The number of nitrogens with zero attached hydrogens (tertiary/aromatic N) is 1. The Morgan fingerprint density at radius 1 is 1.29 bits per heavy atom. The Kier molecular flexibility index (Phi) is 7.61. The zero-order valence-corrected chi connectivity index (χ0v) is 18.0. The standard InChI is InChI=1S/C20H27N3O3S2/c1-23(11-14-7-10-27-13-14)12-17(24)22-20-18(19(25)21-8-9-26-2)15-5-3-4-6-16(15)28-20/h7,10,13H,3-6,8-9,11-12H2,1-2H3,(H,21,25)(H,22,24). The fourth-order valence-corrected chi connectivity index (χ4v) is 5.37. The van der Waals surface area contributed by atoms with E-state index >= 15 is 0 Å². The van der Waals surface area contributed by atoms with Gasteiger partial charge in [-0.15, -0.1) is 11.3 Å². The minimum absolute atomic E-state index is 0.0951. The number of amides is 2. The molecule has 8 heteroatoms. The molecule has 2 N–H and O–H groups in total. The van der Waals surface area contributed by atoms with Crippen molar-refractivity contribution in [3.05, 3.63) is 38.4 Å². The fourth-order valence-electron chi connectivity index (χ4n) is 3.41. The summed E-state index contributed by atoms with van der Waals surface area (Å²) in [5.74, 6) is -0.222. The summed E-state index contributed by atoms with van der Waals surface area (Å²) in [6, 6.07) is 2.06. The van der Waals surface area contributed by atoms with Gasteiger partial charge in [-0.05, 0) is 60.7 Å². The van der Waals surface area contributed by atoms with Crippen LogP contribution in [0.15, 0.2) is 16.8 Å². The first kappa shape index (κ1) is 21.0. The van der Waals surface area contributed by atoms with Crippen molar-refractivity contribution in [2.24, 2.45) is 0 Å². The van der Waals surface area contributed by atoms with Gasteiger partial charge in [-0.3, -0.25) is 14.5 Å². The zero-order chi connectivity index (χ0) is 19.9. The number of methoxy groups -OCH3 is 1. The molecule has 2 heterocycles. The van der Waals surface area contributed by atoms with Crippen molar-refractivity contribution >= 4 is 39.5 Å². The van der Waals surface area contributed by atoms with Gasteiger partial charge in [-0.1, -0.05) is 0 Å². The lowest BCUT2D eigenvalue weighted by atomic mass is 9.95. The molecule has 1 aliphatic rings. The smallest absolute Gasteiger partial charge is 0.254 e. The number of likely N-dealkylation sites (N-methyl/N-ethyl adjacent to an activating group) is 1. The van der Waals surface area contributed by atoms with Crippen molar-refractivity contribution in [2.45, 2.75) is 32.2 Å². The first-order chi connectivity index (χ1) is 13.6. The summed E-state index contributed by atoms with van der Waals surface area (Å²) in [7, 11) is 3.53. The van der Waals surface area contributed by atoms with Gasteiger partial charge in [0, 0.05) is 25.1 Å². The van der Waals surface area contributed by atoms with E-state index in [1.54, 1.807) is 29.8 Å². The second kappa shape index (κ2) is 10.2. The molecule has 0 spiro atoms. The van der Waals surface area contributed by atoms with E-state index in [9.17, 15) is 9.59 Å². The number of hydrogen-bond donors (Lipinski definition) is 2. The SMILES string of the molecule is COCCNC(=O)c1c(NC(=O)CN(C)Cc2ccsc2)sc2c1CCCC2. The van der Waals surface area contributed by atoms with Gasteiger partial charge in [0.05, 0.1) is 18.7 Å². The minimum atomic E-state index is -0.127. The molecule has 28 heavy (non-hydrogen) atoms. The highest BCUT2D eigenvalue weighted by Gasteiger charge is 2.26. The van der Waals surface area contributed by atoms with E-state index in [1.165, 1.54) is 10.4 Å². The number of anilines is 1. The maximum Gasteiger partial charge on any atom is 0.254 e. The number of ether oxygens (including phenoxy) is 1. The van der Waals surface area contributed by atoms with Crippen LogP contribution < -0.4 is 10.6 Å². The monoisotopic (exact) mass is 421 g/mol. The van der Waals surface area contributed by atoms with E-state index in [0.717, 1.165) is 37.8 Å². The Morgan fingerprint density at radius 3 is 2.86 bits per heavy atom. The predicted molar refractivity (Wildman–Crippen MR) is 114 cm³/mol. The van der Waals surface area contributed by atoms with E-state index in [-0.39, 0.29) is 18.4 Å².